The number of aryl methyl sites for hydroxylation is 1. The first-order chi connectivity index (χ1) is 14.3. The number of nitrogens with one attached hydrogen (secondary N) is 1. The number of hydrogen-bond donors (Lipinski definition) is 1. The van der Waals surface area contributed by atoms with Crippen molar-refractivity contribution in [1.82, 2.24) is 20.1 Å². The molecule has 1 aliphatic rings. The van der Waals surface area contributed by atoms with Crippen LogP contribution < -0.4 is 5.32 Å². The SMILES string of the molecule is O=C(CCCc1ccccc1)NCCn1nc(-c2ccncc2)c2c1CCCC2. The molecule has 0 bridgehead atoms. The van der Waals surface area contributed by atoms with E-state index in [0.29, 0.717) is 13.0 Å². The first-order valence-electron chi connectivity index (χ1n) is 10.6. The van der Waals surface area contributed by atoms with Crippen LogP contribution >= 0.6 is 0 Å². The van der Waals surface area contributed by atoms with E-state index in [0.717, 1.165) is 43.5 Å². The van der Waals surface area contributed by atoms with Crippen LogP contribution in [0.5, 0.6) is 0 Å². The zero-order valence-electron chi connectivity index (χ0n) is 16.8. The fourth-order valence-electron chi connectivity index (χ4n) is 4.08. The first-order valence-corrected chi connectivity index (χ1v) is 10.6. The van der Waals surface area contributed by atoms with Crippen molar-refractivity contribution in [1.29, 1.82) is 0 Å². The number of pyridine rings is 1. The average Bonchev–Trinajstić information content (AvgIpc) is 3.14. The van der Waals surface area contributed by atoms with Gasteiger partial charge in [-0.05, 0) is 56.2 Å². The second kappa shape index (κ2) is 9.50. The molecule has 5 heteroatoms. The van der Waals surface area contributed by atoms with Crippen molar-refractivity contribution >= 4 is 5.91 Å². The third kappa shape index (κ3) is 4.91. The maximum atomic E-state index is 12.2. The van der Waals surface area contributed by atoms with Gasteiger partial charge in [0, 0.05) is 42.2 Å². The average molecular weight is 389 g/mol. The molecule has 1 amide bonds. The van der Waals surface area contributed by atoms with Gasteiger partial charge in [0.15, 0.2) is 0 Å². The van der Waals surface area contributed by atoms with E-state index in [1.54, 1.807) is 0 Å². The van der Waals surface area contributed by atoms with Crippen molar-refractivity contribution < 1.29 is 4.79 Å². The molecular weight excluding hydrogens is 360 g/mol. The zero-order chi connectivity index (χ0) is 19.9. The molecule has 5 nitrogen and oxygen atoms in total. The Morgan fingerprint density at radius 3 is 2.66 bits per heavy atom. The highest BCUT2D eigenvalue weighted by molar-refractivity contribution is 5.75. The molecule has 0 unspecified atom stereocenters. The third-order valence-electron chi connectivity index (χ3n) is 5.57. The van der Waals surface area contributed by atoms with Crippen molar-refractivity contribution in [2.75, 3.05) is 6.54 Å². The van der Waals surface area contributed by atoms with Crippen LogP contribution in [-0.2, 0) is 30.6 Å². The molecule has 1 N–H and O–H groups in total. The Bertz CT molecular complexity index is 934. The van der Waals surface area contributed by atoms with Crippen LogP contribution in [0.2, 0.25) is 0 Å². The van der Waals surface area contributed by atoms with Gasteiger partial charge in [0.25, 0.3) is 0 Å². The summed E-state index contributed by atoms with van der Waals surface area (Å²) in [4.78, 5) is 16.3. The van der Waals surface area contributed by atoms with Crippen molar-refractivity contribution in [3.63, 3.8) is 0 Å². The van der Waals surface area contributed by atoms with E-state index in [-0.39, 0.29) is 5.91 Å². The maximum absolute atomic E-state index is 12.2. The van der Waals surface area contributed by atoms with Gasteiger partial charge < -0.3 is 5.32 Å². The molecule has 0 radical (unpaired) electrons. The van der Waals surface area contributed by atoms with Gasteiger partial charge >= 0.3 is 0 Å². The predicted octanol–water partition coefficient (Wildman–Crippen LogP) is 3.96. The van der Waals surface area contributed by atoms with Crippen LogP contribution in [0, 0.1) is 0 Å². The van der Waals surface area contributed by atoms with E-state index in [1.165, 1.54) is 29.7 Å². The number of carbonyl (C=O) groups excluding carboxylic acids is 1. The Morgan fingerprint density at radius 1 is 1.03 bits per heavy atom. The molecular formula is C24H28N4O. The van der Waals surface area contributed by atoms with E-state index in [4.69, 9.17) is 5.10 Å². The third-order valence-corrected chi connectivity index (χ3v) is 5.57. The highest BCUT2D eigenvalue weighted by Gasteiger charge is 2.21. The molecule has 0 aliphatic heterocycles. The van der Waals surface area contributed by atoms with Crippen LogP contribution in [0.25, 0.3) is 11.3 Å². The first kappa shape index (κ1) is 19.4. The maximum Gasteiger partial charge on any atom is 0.220 e. The summed E-state index contributed by atoms with van der Waals surface area (Å²) in [5.41, 5.74) is 6.20. The normalized spacial score (nSPS) is 13.1. The second-order valence-electron chi connectivity index (χ2n) is 7.63. The van der Waals surface area contributed by atoms with Crippen molar-refractivity contribution in [2.24, 2.45) is 0 Å². The molecule has 0 saturated carbocycles. The second-order valence-corrected chi connectivity index (χ2v) is 7.63. The van der Waals surface area contributed by atoms with E-state index in [2.05, 4.69) is 27.1 Å². The fraction of sp³-hybridized carbons (Fsp3) is 0.375. The van der Waals surface area contributed by atoms with Gasteiger partial charge in [0.05, 0.1) is 12.2 Å². The molecule has 2 aromatic heterocycles. The lowest BCUT2D eigenvalue weighted by Crippen LogP contribution is -2.28. The summed E-state index contributed by atoms with van der Waals surface area (Å²) in [6.07, 6.45) is 10.6. The summed E-state index contributed by atoms with van der Waals surface area (Å²) >= 11 is 0. The topological polar surface area (TPSA) is 59.8 Å². The summed E-state index contributed by atoms with van der Waals surface area (Å²) in [7, 11) is 0. The lowest BCUT2D eigenvalue weighted by Gasteiger charge is -2.14. The van der Waals surface area contributed by atoms with Gasteiger partial charge in [-0.3, -0.25) is 14.5 Å². The highest BCUT2D eigenvalue weighted by atomic mass is 16.1. The van der Waals surface area contributed by atoms with Gasteiger partial charge in [-0.1, -0.05) is 30.3 Å². The van der Waals surface area contributed by atoms with Crippen LogP contribution in [-0.4, -0.2) is 27.2 Å². The summed E-state index contributed by atoms with van der Waals surface area (Å²) in [6.45, 7) is 1.34. The molecule has 4 rings (SSSR count). The van der Waals surface area contributed by atoms with Gasteiger partial charge in [0.1, 0.15) is 0 Å². The molecule has 150 valence electrons. The molecule has 2 heterocycles. The molecule has 0 spiro atoms. The number of carbonyl (C=O) groups is 1. The largest absolute Gasteiger partial charge is 0.354 e. The summed E-state index contributed by atoms with van der Waals surface area (Å²) in [6, 6.07) is 14.4. The molecule has 1 aromatic carbocycles. The minimum atomic E-state index is 0.122. The minimum absolute atomic E-state index is 0.122. The van der Waals surface area contributed by atoms with E-state index >= 15 is 0 Å². The van der Waals surface area contributed by atoms with Crippen molar-refractivity contribution in [3.8, 4) is 11.3 Å². The van der Waals surface area contributed by atoms with Gasteiger partial charge in [0.2, 0.25) is 5.91 Å². The zero-order valence-corrected chi connectivity index (χ0v) is 16.8. The van der Waals surface area contributed by atoms with E-state index < -0.39 is 0 Å². The number of fused-ring (bicyclic) bond motifs is 1. The van der Waals surface area contributed by atoms with Crippen LogP contribution in [0.15, 0.2) is 54.9 Å². The summed E-state index contributed by atoms with van der Waals surface area (Å²) in [5, 5.41) is 7.96. The predicted molar refractivity (Wildman–Crippen MR) is 114 cm³/mol. The standard InChI is InChI=1S/C24H28N4O/c29-23(12-6-9-19-7-2-1-3-8-19)26-17-18-28-22-11-5-4-10-21(22)24(27-28)20-13-15-25-16-14-20/h1-3,7-8,13-16H,4-6,9-12,17-18H2,(H,26,29). The number of nitrogens with zero attached hydrogens (tertiary/aromatic N) is 3. The summed E-state index contributed by atoms with van der Waals surface area (Å²) < 4.78 is 2.11. The fourth-order valence-corrected chi connectivity index (χ4v) is 4.08. The van der Waals surface area contributed by atoms with Crippen LogP contribution in [0.3, 0.4) is 0 Å². The molecule has 29 heavy (non-hydrogen) atoms. The summed E-state index contributed by atoms with van der Waals surface area (Å²) in [5.74, 6) is 0.122. The quantitative estimate of drug-likeness (QED) is 0.635. The Morgan fingerprint density at radius 2 is 1.83 bits per heavy atom. The Kier molecular flexibility index (Phi) is 6.35. The molecule has 0 atom stereocenters. The van der Waals surface area contributed by atoms with Gasteiger partial charge in [-0.2, -0.15) is 5.10 Å². The van der Waals surface area contributed by atoms with Crippen molar-refractivity contribution in [3.05, 3.63) is 71.7 Å². The number of benzene rings is 1. The van der Waals surface area contributed by atoms with Crippen molar-refractivity contribution in [2.45, 2.75) is 51.5 Å². The van der Waals surface area contributed by atoms with Gasteiger partial charge in [-0.25, -0.2) is 0 Å². The van der Waals surface area contributed by atoms with E-state index in [9.17, 15) is 4.79 Å². The number of aromatic nitrogens is 3. The Balaban J connectivity index is 1.31. The van der Waals surface area contributed by atoms with E-state index in [1.807, 2.05) is 42.7 Å². The minimum Gasteiger partial charge on any atom is -0.354 e. The lowest BCUT2D eigenvalue weighted by molar-refractivity contribution is -0.121. The smallest absolute Gasteiger partial charge is 0.220 e. The van der Waals surface area contributed by atoms with Crippen LogP contribution in [0.1, 0.15) is 42.5 Å². The highest BCUT2D eigenvalue weighted by Crippen LogP contribution is 2.30. The molecule has 1 aliphatic carbocycles. The van der Waals surface area contributed by atoms with Crippen LogP contribution in [0.4, 0.5) is 0 Å². The number of hydrogen-bond acceptors (Lipinski definition) is 3. The molecule has 0 fully saturated rings. The molecule has 0 saturated heterocycles. The number of amides is 1. The lowest BCUT2D eigenvalue weighted by atomic mass is 9.94. The number of rotatable bonds is 8. The Labute approximate surface area is 172 Å². The van der Waals surface area contributed by atoms with Gasteiger partial charge in [-0.15, -0.1) is 0 Å². The monoisotopic (exact) mass is 388 g/mol. The molecule has 3 aromatic rings. The Hall–Kier alpha value is -2.95.